The predicted molar refractivity (Wildman–Crippen MR) is 103 cm³/mol. The third-order valence-electron chi connectivity index (χ3n) is 6.37. The van der Waals surface area contributed by atoms with Crippen molar-refractivity contribution in [2.24, 2.45) is 11.8 Å². The molecule has 2 aromatic carbocycles. The predicted octanol–water partition coefficient (Wildman–Crippen LogP) is 3.83. The standard InChI is InChI=1S/C23H27NO2/c1-24(20-12-18-14-21(25)15-19(18)13-20)23(26)22(16-8-4-2-5-9-16)17-10-6-3-7-11-17/h2-11,18-22,25H,12-15H2,1H3/t18-,19+,20?,21?. The molecular formula is C23H27NO2. The molecule has 0 spiro atoms. The molecule has 1 N–H and O–H groups in total. The summed E-state index contributed by atoms with van der Waals surface area (Å²) < 4.78 is 0. The quantitative estimate of drug-likeness (QED) is 0.911. The van der Waals surface area contributed by atoms with Gasteiger partial charge in [0.2, 0.25) is 5.91 Å². The second-order valence-electron chi connectivity index (χ2n) is 7.97. The number of hydrogen-bond acceptors (Lipinski definition) is 2. The van der Waals surface area contributed by atoms with Crippen LogP contribution in [0.2, 0.25) is 0 Å². The van der Waals surface area contributed by atoms with Gasteiger partial charge in [-0.05, 0) is 48.6 Å². The molecular weight excluding hydrogens is 322 g/mol. The van der Waals surface area contributed by atoms with E-state index in [0.29, 0.717) is 17.9 Å². The number of carbonyl (C=O) groups excluding carboxylic acids is 1. The van der Waals surface area contributed by atoms with E-state index in [-0.39, 0.29) is 17.9 Å². The molecule has 2 aliphatic rings. The van der Waals surface area contributed by atoms with Crippen molar-refractivity contribution in [1.29, 1.82) is 0 Å². The molecule has 0 saturated heterocycles. The molecule has 0 bridgehead atoms. The molecule has 2 unspecified atom stereocenters. The van der Waals surface area contributed by atoms with Crippen LogP contribution in [0.25, 0.3) is 0 Å². The lowest BCUT2D eigenvalue weighted by Crippen LogP contribution is -2.39. The van der Waals surface area contributed by atoms with E-state index in [1.165, 1.54) is 0 Å². The normalized spacial score (nSPS) is 27.5. The number of amides is 1. The summed E-state index contributed by atoms with van der Waals surface area (Å²) in [5, 5.41) is 9.87. The minimum absolute atomic E-state index is 0.131. The van der Waals surface area contributed by atoms with Gasteiger partial charge in [-0.3, -0.25) is 4.79 Å². The molecule has 0 heterocycles. The zero-order valence-corrected chi connectivity index (χ0v) is 15.3. The lowest BCUT2D eigenvalue weighted by molar-refractivity contribution is -0.132. The Bertz CT molecular complexity index is 692. The van der Waals surface area contributed by atoms with Crippen molar-refractivity contribution in [2.45, 2.75) is 43.7 Å². The molecule has 136 valence electrons. The zero-order valence-electron chi connectivity index (χ0n) is 15.3. The van der Waals surface area contributed by atoms with Crippen molar-refractivity contribution < 1.29 is 9.90 Å². The van der Waals surface area contributed by atoms with E-state index in [9.17, 15) is 9.90 Å². The molecule has 3 nitrogen and oxygen atoms in total. The zero-order chi connectivity index (χ0) is 18.1. The summed E-state index contributed by atoms with van der Waals surface area (Å²) in [6.45, 7) is 0. The first-order valence-corrected chi connectivity index (χ1v) is 9.68. The minimum Gasteiger partial charge on any atom is -0.393 e. The first kappa shape index (κ1) is 17.3. The van der Waals surface area contributed by atoms with Crippen molar-refractivity contribution in [1.82, 2.24) is 4.90 Å². The fraction of sp³-hybridized carbons (Fsp3) is 0.435. The SMILES string of the molecule is CN(C(=O)C(c1ccccc1)c1ccccc1)C1C[C@H]2CC(O)C[C@H]2C1. The van der Waals surface area contributed by atoms with Gasteiger partial charge in [0, 0.05) is 13.1 Å². The number of likely N-dealkylation sites (N-methyl/N-ethyl adjacent to an activating group) is 1. The van der Waals surface area contributed by atoms with Gasteiger partial charge >= 0.3 is 0 Å². The Hall–Kier alpha value is -2.13. The van der Waals surface area contributed by atoms with E-state index in [2.05, 4.69) is 0 Å². The van der Waals surface area contributed by atoms with Gasteiger partial charge in [-0.1, -0.05) is 60.7 Å². The van der Waals surface area contributed by atoms with Gasteiger partial charge in [0.05, 0.1) is 12.0 Å². The maximum Gasteiger partial charge on any atom is 0.234 e. The highest BCUT2D eigenvalue weighted by molar-refractivity contribution is 5.87. The number of benzene rings is 2. The maximum absolute atomic E-state index is 13.5. The third kappa shape index (κ3) is 3.28. The van der Waals surface area contributed by atoms with Crippen LogP contribution in [0.4, 0.5) is 0 Å². The smallest absolute Gasteiger partial charge is 0.234 e. The van der Waals surface area contributed by atoms with Crippen LogP contribution >= 0.6 is 0 Å². The van der Waals surface area contributed by atoms with Crippen molar-refractivity contribution >= 4 is 5.91 Å². The first-order valence-electron chi connectivity index (χ1n) is 9.68. The third-order valence-corrected chi connectivity index (χ3v) is 6.37. The number of nitrogens with zero attached hydrogens (tertiary/aromatic N) is 1. The summed E-state index contributed by atoms with van der Waals surface area (Å²) in [6, 6.07) is 20.4. The molecule has 3 heteroatoms. The van der Waals surface area contributed by atoms with Crippen LogP contribution in [0.5, 0.6) is 0 Å². The number of rotatable bonds is 4. The monoisotopic (exact) mass is 349 g/mol. The van der Waals surface area contributed by atoms with E-state index in [0.717, 1.165) is 36.8 Å². The van der Waals surface area contributed by atoms with E-state index in [1.54, 1.807) is 0 Å². The van der Waals surface area contributed by atoms with Crippen LogP contribution in [0.3, 0.4) is 0 Å². The van der Waals surface area contributed by atoms with Crippen LogP contribution in [0, 0.1) is 11.8 Å². The van der Waals surface area contributed by atoms with Crippen LogP contribution in [-0.4, -0.2) is 35.1 Å². The Morgan fingerprint density at radius 2 is 1.35 bits per heavy atom. The van der Waals surface area contributed by atoms with E-state index < -0.39 is 0 Å². The Kier molecular flexibility index (Phi) is 4.82. The highest BCUT2D eigenvalue weighted by Gasteiger charge is 2.43. The largest absolute Gasteiger partial charge is 0.393 e. The van der Waals surface area contributed by atoms with Gasteiger partial charge in [0.15, 0.2) is 0 Å². The number of carbonyl (C=O) groups is 1. The van der Waals surface area contributed by atoms with Crippen LogP contribution < -0.4 is 0 Å². The Balaban J connectivity index is 1.57. The Morgan fingerprint density at radius 1 is 0.885 bits per heavy atom. The average Bonchev–Trinajstić information content (AvgIpc) is 3.20. The Labute approximate surface area is 155 Å². The molecule has 26 heavy (non-hydrogen) atoms. The highest BCUT2D eigenvalue weighted by atomic mass is 16.3. The molecule has 1 amide bonds. The van der Waals surface area contributed by atoms with Gasteiger partial charge in [0.1, 0.15) is 0 Å². The van der Waals surface area contributed by atoms with Gasteiger partial charge in [-0.25, -0.2) is 0 Å². The van der Waals surface area contributed by atoms with E-state index in [4.69, 9.17) is 0 Å². The lowest BCUT2D eigenvalue weighted by atomic mass is 9.89. The number of aliphatic hydroxyl groups is 1. The molecule has 2 aromatic rings. The molecule has 0 radical (unpaired) electrons. The summed E-state index contributed by atoms with van der Waals surface area (Å²) >= 11 is 0. The van der Waals surface area contributed by atoms with Crippen molar-refractivity contribution in [2.75, 3.05) is 7.05 Å². The van der Waals surface area contributed by atoms with E-state index in [1.807, 2.05) is 72.6 Å². The molecule has 2 fully saturated rings. The number of fused-ring (bicyclic) bond motifs is 1. The fourth-order valence-corrected chi connectivity index (χ4v) is 5.02. The molecule has 2 saturated carbocycles. The van der Waals surface area contributed by atoms with Crippen molar-refractivity contribution in [3.05, 3.63) is 71.8 Å². The first-order chi connectivity index (χ1) is 12.6. The van der Waals surface area contributed by atoms with Gasteiger partial charge < -0.3 is 10.0 Å². The van der Waals surface area contributed by atoms with Crippen LogP contribution in [0.15, 0.2) is 60.7 Å². The van der Waals surface area contributed by atoms with Gasteiger partial charge in [-0.2, -0.15) is 0 Å². The summed E-state index contributed by atoms with van der Waals surface area (Å²) in [5.41, 5.74) is 2.09. The van der Waals surface area contributed by atoms with Crippen molar-refractivity contribution in [3.63, 3.8) is 0 Å². The van der Waals surface area contributed by atoms with Crippen molar-refractivity contribution in [3.8, 4) is 0 Å². The molecule has 0 aliphatic heterocycles. The van der Waals surface area contributed by atoms with Gasteiger partial charge in [-0.15, -0.1) is 0 Å². The van der Waals surface area contributed by atoms with E-state index >= 15 is 0 Å². The lowest BCUT2D eigenvalue weighted by Gasteiger charge is -2.30. The van der Waals surface area contributed by atoms with Gasteiger partial charge in [0.25, 0.3) is 0 Å². The number of aliphatic hydroxyl groups excluding tert-OH is 1. The summed E-state index contributed by atoms with van der Waals surface area (Å²) in [4.78, 5) is 15.5. The van der Waals surface area contributed by atoms with Crippen LogP contribution in [-0.2, 0) is 4.79 Å². The molecule has 4 atom stereocenters. The summed E-state index contributed by atoms with van der Waals surface area (Å²) in [5.74, 6) is 1.08. The molecule has 4 rings (SSSR count). The topological polar surface area (TPSA) is 40.5 Å². The maximum atomic E-state index is 13.5. The Morgan fingerprint density at radius 3 is 1.81 bits per heavy atom. The second-order valence-corrected chi connectivity index (χ2v) is 7.97. The highest BCUT2D eigenvalue weighted by Crippen LogP contribution is 2.46. The number of hydrogen-bond donors (Lipinski definition) is 1. The van der Waals surface area contributed by atoms with Crippen LogP contribution in [0.1, 0.15) is 42.7 Å². The molecule has 2 aliphatic carbocycles. The summed E-state index contributed by atoms with van der Waals surface area (Å²) in [6.07, 6.45) is 3.74. The summed E-state index contributed by atoms with van der Waals surface area (Å²) in [7, 11) is 1.96. The average molecular weight is 349 g/mol. The molecule has 0 aromatic heterocycles. The second kappa shape index (κ2) is 7.24. The fourth-order valence-electron chi connectivity index (χ4n) is 5.02. The minimum atomic E-state index is -0.256.